The van der Waals surface area contributed by atoms with E-state index in [1.807, 2.05) is 60.7 Å². The number of nitrogens with zero attached hydrogens (tertiary/aromatic N) is 1. The van der Waals surface area contributed by atoms with Gasteiger partial charge in [-0.1, -0.05) is 66.7 Å². The largest absolute Gasteiger partial charge is 0.425 e. The number of hydrogen-bond donors (Lipinski definition) is 1. The first-order chi connectivity index (χ1) is 15.2. The van der Waals surface area contributed by atoms with Gasteiger partial charge in [-0.2, -0.15) is 0 Å². The van der Waals surface area contributed by atoms with Crippen LogP contribution >= 0.6 is 0 Å². The molecule has 3 aromatic rings. The van der Waals surface area contributed by atoms with Crippen LogP contribution in [0, 0.1) is 0 Å². The normalized spacial score (nSPS) is 14.7. The fourth-order valence-electron chi connectivity index (χ4n) is 3.88. The Kier molecular flexibility index (Phi) is 6.75. The lowest BCUT2D eigenvalue weighted by Crippen LogP contribution is -2.34. The van der Waals surface area contributed by atoms with Gasteiger partial charge in [0, 0.05) is 12.1 Å². The first-order valence-corrected chi connectivity index (χ1v) is 10.6. The zero-order valence-electron chi connectivity index (χ0n) is 17.4. The van der Waals surface area contributed by atoms with Gasteiger partial charge in [0.15, 0.2) is 0 Å². The van der Waals surface area contributed by atoms with Gasteiger partial charge in [0.05, 0.1) is 0 Å². The van der Waals surface area contributed by atoms with Gasteiger partial charge >= 0.3 is 5.97 Å². The van der Waals surface area contributed by atoms with Crippen LogP contribution in [-0.4, -0.2) is 29.9 Å². The van der Waals surface area contributed by atoms with Gasteiger partial charge in [0.2, 0.25) is 0 Å². The van der Waals surface area contributed by atoms with E-state index in [-0.39, 0.29) is 11.9 Å². The van der Waals surface area contributed by atoms with E-state index >= 15 is 0 Å². The molecule has 1 aliphatic heterocycles. The number of ether oxygens (including phenoxy) is 1. The van der Waals surface area contributed by atoms with Crippen LogP contribution in [0.2, 0.25) is 0 Å². The van der Waals surface area contributed by atoms with Crippen molar-refractivity contribution in [2.75, 3.05) is 13.1 Å². The van der Waals surface area contributed by atoms with Crippen molar-refractivity contribution < 1.29 is 14.3 Å². The highest BCUT2D eigenvalue weighted by molar-refractivity contribution is 5.94. The number of hydrogen-bond acceptors (Lipinski definition) is 4. The van der Waals surface area contributed by atoms with Gasteiger partial charge in [-0.3, -0.25) is 9.69 Å². The highest BCUT2D eigenvalue weighted by atomic mass is 16.5. The number of carbonyl (C=O) groups excluding carboxylic acids is 2. The van der Waals surface area contributed by atoms with Crippen LogP contribution < -0.4 is 10.1 Å². The molecule has 0 radical (unpaired) electrons. The van der Waals surface area contributed by atoms with Gasteiger partial charge in [0.25, 0.3) is 5.91 Å². The second kappa shape index (κ2) is 10.0. The molecule has 1 saturated heterocycles. The molecule has 1 heterocycles. The SMILES string of the molecule is O=C(NCc1ccccc1)c1cccc(OC(=O)C(c2ccccc2)N2CCCC2)c1. The molecule has 31 heavy (non-hydrogen) atoms. The molecule has 1 aliphatic rings. The highest BCUT2D eigenvalue weighted by Crippen LogP contribution is 2.27. The van der Waals surface area contributed by atoms with Crippen LogP contribution in [0.15, 0.2) is 84.9 Å². The average molecular weight is 415 g/mol. The lowest BCUT2D eigenvalue weighted by atomic mass is 10.1. The summed E-state index contributed by atoms with van der Waals surface area (Å²) in [6, 6.07) is 25.8. The van der Waals surface area contributed by atoms with E-state index in [2.05, 4.69) is 10.2 Å². The van der Waals surface area contributed by atoms with Crippen molar-refractivity contribution in [1.82, 2.24) is 10.2 Å². The zero-order chi connectivity index (χ0) is 21.5. The molecule has 0 spiro atoms. The van der Waals surface area contributed by atoms with Crippen molar-refractivity contribution in [3.63, 3.8) is 0 Å². The summed E-state index contributed by atoms with van der Waals surface area (Å²) in [6.45, 7) is 2.18. The second-order valence-corrected chi connectivity index (χ2v) is 7.67. The average Bonchev–Trinajstić information content (AvgIpc) is 3.33. The Morgan fingerprint density at radius 2 is 1.55 bits per heavy atom. The molecule has 0 saturated carbocycles. The first kappa shape index (κ1) is 20.8. The maximum atomic E-state index is 13.1. The maximum Gasteiger partial charge on any atom is 0.333 e. The second-order valence-electron chi connectivity index (χ2n) is 7.67. The summed E-state index contributed by atoms with van der Waals surface area (Å²) in [7, 11) is 0. The van der Waals surface area contributed by atoms with Gasteiger partial charge in [-0.05, 0) is 55.3 Å². The topological polar surface area (TPSA) is 58.6 Å². The predicted molar refractivity (Wildman–Crippen MR) is 120 cm³/mol. The number of esters is 1. The van der Waals surface area contributed by atoms with Crippen molar-refractivity contribution >= 4 is 11.9 Å². The number of carbonyl (C=O) groups is 2. The van der Waals surface area contributed by atoms with E-state index < -0.39 is 6.04 Å². The Balaban J connectivity index is 1.45. The number of amides is 1. The van der Waals surface area contributed by atoms with Crippen molar-refractivity contribution in [1.29, 1.82) is 0 Å². The van der Waals surface area contributed by atoms with Crippen LogP contribution in [0.1, 0.15) is 40.4 Å². The Bertz CT molecular complexity index is 1020. The lowest BCUT2D eigenvalue weighted by molar-refractivity contribution is -0.140. The maximum absolute atomic E-state index is 13.1. The molecule has 1 atom stereocenters. The molecule has 1 N–H and O–H groups in total. The van der Waals surface area contributed by atoms with E-state index in [0.717, 1.165) is 37.1 Å². The molecule has 1 fully saturated rings. The molecule has 4 rings (SSSR count). The minimum atomic E-state index is -0.445. The summed E-state index contributed by atoms with van der Waals surface area (Å²) >= 11 is 0. The minimum absolute atomic E-state index is 0.207. The summed E-state index contributed by atoms with van der Waals surface area (Å²) in [6.07, 6.45) is 2.15. The summed E-state index contributed by atoms with van der Waals surface area (Å²) in [5.41, 5.74) is 2.40. The molecule has 1 amide bonds. The molecule has 3 aromatic carbocycles. The quantitative estimate of drug-likeness (QED) is 0.461. The molecule has 0 bridgehead atoms. The third kappa shape index (κ3) is 5.38. The van der Waals surface area contributed by atoms with Crippen molar-refractivity contribution in [3.05, 3.63) is 102 Å². The predicted octanol–water partition coefficient (Wildman–Crippen LogP) is 4.36. The van der Waals surface area contributed by atoms with Crippen LogP contribution in [0.4, 0.5) is 0 Å². The summed E-state index contributed by atoms with van der Waals surface area (Å²) in [5, 5.41) is 2.90. The third-order valence-corrected chi connectivity index (χ3v) is 5.45. The molecule has 0 aliphatic carbocycles. The van der Waals surface area contributed by atoms with E-state index in [0.29, 0.717) is 17.9 Å². The standard InChI is InChI=1S/C26H26N2O3/c29-25(27-19-20-10-3-1-4-11-20)22-14-9-15-23(18-22)31-26(30)24(28-16-7-8-17-28)21-12-5-2-6-13-21/h1-6,9-15,18,24H,7-8,16-17,19H2,(H,27,29). The number of likely N-dealkylation sites (tertiary alicyclic amines) is 1. The summed E-state index contributed by atoms with van der Waals surface area (Å²) in [4.78, 5) is 27.8. The Labute approximate surface area is 182 Å². The summed E-state index contributed by atoms with van der Waals surface area (Å²) < 4.78 is 5.74. The van der Waals surface area contributed by atoms with Crippen LogP contribution in [0.3, 0.4) is 0 Å². The Morgan fingerprint density at radius 1 is 0.871 bits per heavy atom. The third-order valence-electron chi connectivity index (χ3n) is 5.45. The van der Waals surface area contributed by atoms with Crippen molar-refractivity contribution in [2.45, 2.75) is 25.4 Å². The number of rotatable bonds is 7. The van der Waals surface area contributed by atoms with Crippen LogP contribution in [0.25, 0.3) is 0 Å². The van der Waals surface area contributed by atoms with Crippen LogP contribution in [-0.2, 0) is 11.3 Å². The lowest BCUT2D eigenvalue weighted by Gasteiger charge is -2.26. The van der Waals surface area contributed by atoms with Gasteiger partial charge in [-0.25, -0.2) is 4.79 Å². The number of nitrogens with one attached hydrogen (secondary N) is 1. The van der Waals surface area contributed by atoms with Gasteiger partial charge in [-0.15, -0.1) is 0 Å². The van der Waals surface area contributed by atoms with Crippen molar-refractivity contribution in [3.8, 4) is 5.75 Å². The molecular weight excluding hydrogens is 388 g/mol. The fraction of sp³-hybridized carbons (Fsp3) is 0.231. The fourth-order valence-corrected chi connectivity index (χ4v) is 3.88. The Hall–Kier alpha value is -3.44. The van der Waals surface area contributed by atoms with E-state index in [1.54, 1.807) is 24.3 Å². The molecular formula is C26H26N2O3. The number of benzene rings is 3. The van der Waals surface area contributed by atoms with E-state index in [1.165, 1.54) is 0 Å². The highest BCUT2D eigenvalue weighted by Gasteiger charge is 2.31. The Morgan fingerprint density at radius 3 is 2.26 bits per heavy atom. The smallest absolute Gasteiger partial charge is 0.333 e. The van der Waals surface area contributed by atoms with E-state index in [9.17, 15) is 9.59 Å². The monoisotopic (exact) mass is 414 g/mol. The molecule has 0 aromatic heterocycles. The van der Waals surface area contributed by atoms with Crippen LogP contribution in [0.5, 0.6) is 5.75 Å². The zero-order valence-corrected chi connectivity index (χ0v) is 17.4. The first-order valence-electron chi connectivity index (χ1n) is 10.6. The van der Waals surface area contributed by atoms with E-state index in [4.69, 9.17) is 4.74 Å². The molecule has 158 valence electrons. The minimum Gasteiger partial charge on any atom is -0.425 e. The molecule has 5 nitrogen and oxygen atoms in total. The summed E-state index contributed by atoms with van der Waals surface area (Å²) in [5.74, 6) is -0.159. The molecule has 1 unspecified atom stereocenters. The van der Waals surface area contributed by atoms with Gasteiger partial charge in [0.1, 0.15) is 11.8 Å². The molecule has 5 heteroatoms. The van der Waals surface area contributed by atoms with Gasteiger partial charge < -0.3 is 10.1 Å². The van der Waals surface area contributed by atoms with Crippen molar-refractivity contribution in [2.24, 2.45) is 0 Å².